The van der Waals surface area contributed by atoms with Crippen molar-refractivity contribution in [2.75, 3.05) is 20.7 Å². The lowest BCUT2D eigenvalue weighted by molar-refractivity contribution is -0.161. The van der Waals surface area contributed by atoms with Crippen molar-refractivity contribution in [3.63, 3.8) is 0 Å². The zero-order valence-corrected chi connectivity index (χ0v) is 23.3. The molecule has 0 aromatic carbocycles. The summed E-state index contributed by atoms with van der Waals surface area (Å²) in [4.78, 5) is 49.7. The van der Waals surface area contributed by atoms with Gasteiger partial charge in [0.2, 0.25) is 13.6 Å². The van der Waals surface area contributed by atoms with Crippen LogP contribution in [0, 0.1) is 10.8 Å². The van der Waals surface area contributed by atoms with E-state index in [0.717, 1.165) is 22.5 Å². The molecule has 0 spiro atoms. The highest BCUT2D eigenvalue weighted by atomic mass is 31.2. The number of aromatic nitrogens is 2. The number of hydrogen-bond acceptors (Lipinski definition) is 12. The number of H-pyrrole nitrogens is 1. The average molecular weight is 563 g/mol. The Kier molecular flexibility index (Phi) is 10.4. The van der Waals surface area contributed by atoms with E-state index >= 15 is 0 Å². The first-order valence-corrected chi connectivity index (χ1v) is 13.2. The third kappa shape index (κ3) is 8.45. The molecular formula is C23H35N2O12P. The number of esters is 2. The van der Waals surface area contributed by atoms with Crippen LogP contribution >= 0.6 is 7.60 Å². The number of methoxy groups -OCH3 is 1. The summed E-state index contributed by atoms with van der Waals surface area (Å²) in [6, 6.07) is 1.10. The summed E-state index contributed by atoms with van der Waals surface area (Å²) in [6.45, 7) is 8.22. The first kappa shape index (κ1) is 31.6. The molecule has 1 saturated heterocycles. The van der Waals surface area contributed by atoms with Crippen LogP contribution in [0.15, 0.2) is 33.7 Å². The van der Waals surface area contributed by atoms with Crippen LogP contribution in [0.4, 0.5) is 0 Å². The molecule has 0 bridgehead atoms. The summed E-state index contributed by atoms with van der Waals surface area (Å²) in [7, 11) is -2.95. The zero-order valence-electron chi connectivity index (χ0n) is 22.4. The van der Waals surface area contributed by atoms with Crippen LogP contribution in [0.5, 0.6) is 0 Å². The fourth-order valence-corrected chi connectivity index (χ4v) is 4.02. The second-order valence-electron chi connectivity index (χ2n) is 10.4. The van der Waals surface area contributed by atoms with E-state index in [0.29, 0.717) is 0 Å². The second-order valence-corrected chi connectivity index (χ2v) is 12.3. The minimum absolute atomic E-state index is 0.621. The topological polar surface area (TPSA) is 182 Å². The number of aliphatic hydroxyl groups is 1. The predicted molar refractivity (Wildman–Crippen MR) is 132 cm³/mol. The molecule has 2 N–H and O–H groups in total. The lowest BCUT2D eigenvalue weighted by atomic mass is 9.98. The van der Waals surface area contributed by atoms with Gasteiger partial charge >= 0.3 is 25.2 Å². The van der Waals surface area contributed by atoms with Crippen molar-refractivity contribution in [1.82, 2.24) is 9.55 Å². The van der Waals surface area contributed by atoms with E-state index < -0.39 is 79.7 Å². The largest absolute Gasteiger partial charge is 0.438 e. The number of carbonyl (C=O) groups is 2. The minimum atomic E-state index is -4.23. The van der Waals surface area contributed by atoms with Gasteiger partial charge < -0.3 is 24.1 Å². The van der Waals surface area contributed by atoms with Crippen LogP contribution in [0.3, 0.4) is 0 Å². The van der Waals surface area contributed by atoms with Crippen molar-refractivity contribution in [2.45, 2.75) is 66.1 Å². The Labute approximate surface area is 219 Å². The summed E-state index contributed by atoms with van der Waals surface area (Å²) >= 11 is 0. The van der Waals surface area contributed by atoms with Crippen molar-refractivity contribution in [3.05, 3.63) is 45.0 Å². The number of nitrogens with zero attached hydrogens (tertiary/aromatic N) is 1. The Balaban J connectivity index is 2.22. The van der Waals surface area contributed by atoms with Crippen molar-refractivity contribution < 1.29 is 47.3 Å². The molecule has 1 aromatic rings. The van der Waals surface area contributed by atoms with Gasteiger partial charge in [0.05, 0.1) is 10.8 Å². The fourth-order valence-electron chi connectivity index (χ4n) is 2.99. The zero-order chi connectivity index (χ0) is 28.9. The highest BCUT2D eigenvalue weighted by Gasteiger charge is 2.45. The molecule has 4 unspecified atom stereocenters. The average Bonchev–Trinajstić information content (AvgIpc) is 3.11. The molecule has 1 fully saturated rings. The summed E-state index contributed by atoms with van der Waals surface area (Å²) < 4.78 is 45.8. The molecule has 1 aliphatic heterocycles. The van der Waals surface area contributed by atoms with Gasteiger partial charge in [-0.05, 0) is 47.6 Å². The normalized spacial score (nSPS) is 22.5. The molecule has 0 radical (unpaired) electrons. The van der Waals surface area contributed by atoms with Crippen LogP contribution in [-0.2, 0) is 42.1 Å². The molecular weight excluding hydrogens is 527 g/mol. The molecule has 4 atom stereocenters. The maximum Gasteiger partial charge on any atom is 0.359 e. The van der Waals surface area contributed by atoms with E-state index in [1.807, 2.05) is 0 Å². The highest BCUT2D eigenvalue weighted by Crippen LogP contribution is 2.50. The smallest absolute Gasteiger partial charge is 0.359 e. The minimum Gasteiger partial charge on any atom is -0.438 e. The van der Waals surface area contributed by atoms with Crippen molar-refractivity contribution in [1.29, 1.82) is 0 Å². The van der Waals surface area contributed by atoms with Gasteiger partial charge in [-0.15, -0.1) is 0 Å². The third-order valence-corrected chi connectivity index (χ3v) is 6.64. The first-order valence-electron chi connectivity index (χ1n) is 11.6. The highest BCUT2D eigenvalue weighted by molar-refractivity contribution is 7.57. The molecule has 2 rings (SSSR count). The number of ether oxygens (including phenoxy) is 4. The number of aromatic amines is 1. The fraction of sp³-hybridized carbons (Fsp3) is 0.652. The molecule has 1 aliphatic rings. The SMILES string of the molecule is COC1C(O)C(/C=C/P(=O)(OCOC(=O)C(C)(C)C)OCOC(=O)C(C)(C)C)OC1n1ccc(=O)[nH]c1=O. The van der Waals surface area contributed by atoms with E-state index in [-0.39, 0.29) is 0 Å². The van der Waals surface area contributed by atoms with Gasteiger partial charge in [0.1, 0.15) is 18.3 Å². The lowest BCUT2D eigenvalue weighted by Gasteiger charge is -2.20. The van der Waals surface area contributed by atoms with Crippen molar-refractivity contribution in [2.24, 2.45) is 10.8 Å². The predicted octanol–water partition coefficient (Wildman–Crippen LogP) is 1.64. The number of rotatable bonds is 10. The number of carbonyl (C=O) groups excluding carboxylic acids is 2. The van der Waals surface area contributed by atoms with Crippen LogP contribution in [0.1, 0.15) is 47.8 Å². The van der Waals surface area contributed by atoms with E-state index in [1.165, 1.54) is 13.3 Å². The lowest BCUT2D eigenvalue weighted by Crippen LogP contribution is -2.38. The molecule has 0 amide bonds. The van der Waals surface area contributed by atoms with E-state index in [4.69, 9.17) is 28.0 Å². The Morgan fingerprint density at radius 2 is 1.61 bits per heavy atom. The van der Waals surface area contributed by atoms with Gasteiger partial charge in [-0.1, -0.05) is 0 Å². The maximum atomic E-state index is 13.4. The molecule has 15 heteroatoms. The molecule has 1 aromatic heterocycles. The number of aliphatic hydroxyl groups excluding tert-OH is 1. The van der Waals surface area contributed by atoms with Gasteiger partial charge in [-0.2, -0.15) is 0 Å². The van der Waals surface area contributed by atoms with Crippen LogP contribution in [0.2, 0.25) is 0 Å². The molecule has 38 heavy (non-hydrogen) atoms. The summed E-state index contributed by atoms with van der Waals surface area (Å²) in [5.74, 6) is -0.306. The van der Waals surface area contributed by atoms with Crippen LogP contribution < -0.4 is 11.2 Å². The maximum absolute atomic E-state index is 13.4. The summed E-state index contributed by atoms with van der Waals surface area (Å²) in [6.07, 6.45) is -2.36. The standard InChI is InChI=1S/C23H35N2O12P/c1-22(2,3)19(28)33-12-35-38(31,36-13-34-20(29)23(4,5)6)11-9-14-16(27)17(32-7)18(37-14)25-10-8-15(26)24-21(25)30/h8-11,14,16-18,27H,12-13H2,1-7H3,(H,24,26,30)/b11-9+. The molecule has 14 nitrogen and oxygen atoms in total. The Bertz CT molecular complexity index is 1140. The Hall–Kier alpha value is -2.61. The van der Waals surface area contributed by atoms with Gasteiger partial charge in [-0.3, -0.25) is 37.5 Å². The van der Waals surface area contributed by atoms with Crippen LogP contribution in [0.25, 0.3) is 0 Å². The summed E-state index contributed by atoms with van der Waals surface area (Å²) in [5, 5.41) is 10.7. The Morgan fingerprint density at radius 3 is 2.05 bits per heavy atom. The van der Waals surface area contributed by atoms with E-state index in [9.17, 15) is 28.8 Å². The van der Waals surface area contributed by atoms with Gasteiger partial charge in [0, 0.05) is 25.2 Å². The van der Waals surface area contributed by atoms with Gasteiger partial charge in [0.25, 0.3) is 5.56 Å². The number of hydrogen-bond donors (Lipinski definition) is 2. The van der Waals surface area contributed by atoms with Gasteiger partial charge in [-0.25, -0.2) is 4.79 Å². The van der Waals surface area contributed by atoms with E-state index in [1.54, 1.807) is 41.5 Å². The molecule has 0 saturated carbocycles. The monoisotopic (exact) mass is 562 g/mol. The van der Waals surface area contributed by atoms with Crippen molar-refractivity contribution >= 4 is 19.5 Å². The van der Waals surface area contributed by atoms with Crippen LogP contribution in [-0.4, -0.2) is 65.6 Å². The van der Waals surface area contributed by atoms with E-state index in [2.05, 4.69) is 4.98 Å². The second kappa shape index (κ2) is 12.5. The third-order valence-electron chi connectivity index (χ3n) is 5.18. The van der Waals surface area contributed by atoms with Gasteiger partial charge in [0.15, 0.2) is 6.23 Å². The number of nitrogens with one attached hydrogen (secondary N) is 1. The van der Waals surface area contributed by atoms with Crippen molar-refractivity contribution in [3.8, 4) is 0 Å². The molecule has 214 valence electrons. The quantitative estimate of drug-likeness (QED) is 0.239. The molecule has 0 aliphatic carbocycles. The summed E-state index contributed by atoms with van der Waals surface area (Å²) in [5.41, 5.74) is -3.11. The first-order chi connectivity index (χ1) is 17.5. The Morgan fingerprint density at radius 1 is 1.08 bits per heavy atom. The molecule has 2 heterocycles.